The molecule has 0 aromatic carbocycles. The van der Waals surface area contributed by atoms with Crippen LogP contribution >= 0.6 is 0 Å². The Kier molecular flexibility index (Phi) is 2.52. The average Bonchev–Trinajstić information content (AvgIpc) is 2.68. The lowest BCUT2D eigenvalue weighted by Crippen LogP contribution is -2.37. The van der Waals surface area contributed by atoms with Gasteiger partial charge in [-0.3, -0.25) is 4.79 Å². The maximum absolute atomic E-state index is 11.9. The highest BCUT2D eigenvalue weighted by atomic mass is 16.6. The molecule has 0 bridgehead atoms. The van der Waals surface area contributed by atoms with E-state index >= 15 is 0 Å². The molecule has 1 heterocycles. The molecule has 19 heavy (non-hydrogen) atoms. The Bertz CT molecular complexity index is 530. The molecule has 1 aliphatic heterocycles. The van der Waals surface area contributed by atoms with Crippen molar-refractivity contribution < 1.29 is 19.4 Å². The first-order valence-corrected chi connectivity index (χ1v) is 6.70. The van der Waals surface area contributed by atoms with E-state index in [0.29, 0.717) is 24.0 Å². The van der Waals surface area contributed by atoms with Gasteiger partial charge in [-0.2, -0.15) is 0 Å². The van der Waals surface area contributed by atoms with Crippen molar-refractivity contribution in [3.8, 4) is 0 Å². The van der Waals surface area contributed by atoms with Gasteiger partial charge < -0.3 is 9.84 Å². The van der Waals surface area contributed by atoms with Crippen LogP contribution in [0.2, 0.25) is 0 Å². The molecule has 102 valence electrons. The number of carbonyl (C=O) groups excluding carboxylic acids is 2. The van der Waals surface area contributed by atoms with Crippen molar-refractivity contribution in [3.05, 3.63) is 23.3 Å². The predicted molar refractivity (Wildman–Crippen MR) is 68.2 cm³/mol. The summed E-state index contributed by atoms with van der Waals surface area (Å²) < 4.78 is 5.34. The molecule has 4 nitrogen and oxygen atoms in total. The summed E-state index contributed by atoms with van der Waals surface area (Å²) in [5.41, 5.74) is 0.860. The highest BCUT2D eigenvalue weighted by Crippen LogP contribution is 2.50. The van der Waals surface area contributed by atoms with E-state index in [1.54, 1.807) is 6.92 Å². The number of esters is 1. The fraction of sp³-hybridized carbons (Fsp3) is 0.600. The van der Waals surface area contributed by atoms with Crippen molar-refractivity contribution >= 4 is 11.8 Å². The molecule has 4 unspecified atom stereocenters. The van der Waals surface area contributed by atoms with Gasteiger partial charge in [-0.25, -0.2) is 4.79 Å². The zero-order chi connectivity index (χ0) is 13.9. The van der Waals surface area contributed by atoms with Gasteiger partial charge in [0.05, 0.1) is 5.60 Å². The summed E-state index contributed by atoms with van der Waals surface area (Å²) >= 11 is 0. The van der Waals surface area contributed by atoms with Crippen LogP contribution in [0.15, 0.2) is 23.3 Å². The number of Topliss-reactive ketones (excluding diaryl/α,β-unsaturated/α-hetero) is 1. The molecule has 0 amide bonds. The zero-order valence-electron chi connectivity index (χ0n) is 11.2. The zero-order valence-corrected chi connectivity index (χ0v) is 11.2. The minimum atomic E-state index is -1.06. The summed E-state index contributed by atoms with van der Waals surface area (Å²) in [5, 5.41) is 10.9. The van der Waals surface area contributed by atoms with Crippen molar-refractivity contribution in [2.75, 3.05) is 0 Å². The molecule has 0 spiro atoms. The number of rotatable bonds is 0. The Labute approximate surface area is 112 Å². The second-order valence-electron chi connectivity index (χ2n) is 6.04. The molecule has 1 saturated carbocycles. The van der Waals surface area contributed by atoms with Crippen LogP contribution in [-0.4, -0.2) is 28.6 Å². The van der Waals surface area contributed by atoms with Gasteiger partial charge in [-0.15, -0.1) is 0 Å². The SMILES string of the molecule is C=C1C(=O)OC2CC(C)C3(O)CC(=O)C(C)=C3CC12. The maximum atomic E-state index is 11.9. The Balaban J connectivity index is 2.06. The Morgan fingerprint density at radius 2 is 2.11 bits per heavy atom. The summed E-state index contributed by atoms with van der Waals surface area (Å²) in [7, 11) is 0. The summed E-state index contributed by atoms with van der Waals surface area (Å²) in [4.78, 5) is 23.5. The van der Waals surface area contributed by atoms with Crippen LogP contribution in [0.5, 0.6) is 0 Å². The Hall–Kier alpha value is -1.42. The second kappa shape index (κ2) is 3.79. The van der Waals surface area contributed by atoms with Crippen LogP contribution < -0.4 is 0 Å². The van der Waals surface area contributed by atoms with Crippen LogP contribution in [-0.2, 0) is 14.3 Å². The van der Waals surface area contributed by atoms with E-state index in [9.17, 15) is 14.7 Å². The molecule has 4 atom stereocenters. The molecule has 3 aliphatic rings. The lowest BCUT2D eigenvalue weighted by molar-refractivity contribution is -0.140. The summed E-state index contributed by atoms with van der Waals surface area (Å²) in [6.45, 7) is 7.49. The Morgan fingerprint density at radius 3 is 2.79 bits per heavy atom. The van der Waals surface area contributed by atoms with Gasteiger partial charge in [0, 0.05) is 17.9 Å². The molecule has 1 N–H and O–H groups in total. The molecule has 2 aliphatic carbocycles. The monoisotopic (exact) mass is 262 g/mol. The maximum Gasteiger partial charge on any atom is 0.334 e. The highest BCUT2D eigenvalue weighted by molar-refractivity contribution is 6.00. The molecule has 2 fully saturated rings. The molecular weight excluding hydrogens is 244 g/mol. The Morgan fingerprint density at radius 1 is 1.42 bits per heavy atom. The number of hydrogen-bond donors (Lipinski definition) is 1. The largest absolute Gasteiger partial charge is 0.458 e. The van der Waals surface area contributed by atoms with Crippen molar-refractivity contribution in [3.63, 3.8) is 0 Å². The highest BCUT2D eigenvalue weighted by Gasteiger charge is 2.53. The molecule has 1 saturated heterocycles. The van der Waals surface area contributed by atoms with Gasteiger partial charge in [0.25, 0.3) is 0 Å². The van der Waals surface area contributed by atoms with E-state index in [1.165, 1.54) is 0 Å². The summed E-state index contributed by atoms with van der Waals surface area (Å²) in [6, 6.07) is 0. The van der Waals surface area contributed by atoms with Gasteiger partial charge in [-0.1, -0.05) is 13.5 Å². The first-order valence-electron chi connectivity index (χ1n) is 6.70. The fourth-order valence-electron chi connectivity index (χ4n) is 3.68. The van der Waals surface area contributed by atoms with Crippen molar-refractivity contribution in [2.45, 2.75) is 44.8 Å². The van der Waals surface area contributed by atoms with Gasteiger partial charge >= 0.3 is 5.97 Å². The topological polar surface area (TPSA) is 63.6 Å². The number of carbonyl (C=O) groups is 2. The van der Waals surface area contributed by atoms with Crippen molar-refractivity contribution in [1.29, 1.82) is 0 Å². The molecule has 3 rings (SSSR count). The van der Waals surface area contributed by atoms with E-state index < -0.39 is 5.60 Å². The lowest BCUT2D eigenvalue weighted by Gasteiger charge is -2.31. The number of hydrogen-bond acceptors (Lipinski definition) is 4. The smallest absolute Gasteiger partial charge is 0.334 e. The quantitative estimate of drug-likeness (QED) is 0.531. The second-order valence-corrected chi connectivity index (χ2v) is 6.04. The third-order valence-electron chi connectivity index (χ3n) is 5.07. The first kappa shape index (κ1) is 12.6. The number of fused-ring (bicyclic) bond motifs is 2. The van der Waals surface area contributed by atoms with E-state index in [0.717, 1.165) is 5.57 Å². The van der Waals surface area contributed by atoms with Crippen LogP contribution in [0.3, 0.4) is 0 Å². The standard InChI is InChI=1S/C15H18O4/c1-7-4-13-10(8(2)14(17)19-13)5-11-9(3)12(16)6-15(7,11)18/h7,10,13,18H,2,4-6H2,1,3H3. The lowest BCUT2D eigenvalue weighted by atomic mass is 9.81. The number of allylic oxidation sites excluding steroid dienone is 1. The minimum Gasteiger partial charge on any atom is -0.458 e. The molecule has 0 aromatic heterocycles. The molecular formula is C15H18O4. The van der Waals surface area contributed by atoms with E-state index in [-0.39, 0.29) is 36.1 Å². The van der Waals surface area contributed by atoms with Crippen molar-refractivity contribution in [1.82, 2.24) is 0 Å². The number of aliphatic hydroxyl groups is 1. The van der Waals surface area contributed by atoms with Crippen molar-refractivity contribution in [2.24, 2.45) is 11.8 Å². The number of ether oxygens (including phenoxy) is 1. The molecule has 0 radical (unpaired) electrons. The van der Waals surface area contributed by atoms with E-state index in [2.05, 4.69) is 6.58 Å². The van der Waals surface area contributed by atoms with Gasteiger partial charge in [0.1, 0.15) is 6.10 Å². The first-order chi connectivity index (χ1) is 8.84. The molecule has 0 aromatic rings. The third-order valence-corrected chi connectivity index (χ3v) is 5.07. The van der Waals surface area contributed by atoms with Crippen LogP contribution in [0, 0.1) is 11.8 Å². The van der Waals surface area contributed by atoms with Crippen LogP contribution in [0.4, 0.5) is 0 Å². The molecule has 4 heteroatoms. The fourth-order valence-corrected chi connectivity index (χ4v) is 3.68. The normalized spacial score (nSPS) is 42.1. The summed E-state index contributed by atoms with van der Waals surface area (Å²) in [6.07, 6.45) is 1.04. The van der Waals surface area contributed by atoms with E-state index in [4.69, 9.17) is 4.74 Å². The summed E-state index contributed by atoms with van der Waals surface area (Å²) in [5.74, 6) is -0.522. The number of ketones is 1. The van der Waals surface area contributed by atoms with E-state index in [1.807, 2.05) is 6.92 Å². The minimum absolute atomic E-state index is 0.0126. The van der Waals surface area contributed by atoms with Crippen LogP contribution in [0.1, 0.15) is 33.1 Å². The van der Waals surface area contributed by atoms with Gasteiger partial charge in [-0.05, 0) is 36.8 Å². The predicted octanol–water partition coefficient (Wildman–Crippen LogP) is 1.53. The average molecular weight is 262 g/mol. The van der Waals surface area contributed by atoms with Crippen LogP contribution in [0.25, 0.3) is 0 Å². The van der Waals surface area contributed by atoms with Gasteiger partial charge in [0.15, 0.2) is 5.78 Å². The third kappa shape index (κ3) is 1.56. The van der Waals surface area contributed by atoms with Gasteiger partial charge in [0.2, 0.25) is 0 Å².